The maximum absolute atomic E-state index is 12.3. The van der Waals surface area contributed by atoms with Crippen LogP contribution in [0.3, 0.4) is 0 Å². The Morgan fingerprint density at radius 3 is 2.82 bits per heavy atom. The topological polar surface area (TPSA) is 34.9 Å². The van der Waals surface area contributed by atoms with Gasteiger partial charge in [0.15, 0.2) is 5.82 Å². The zero-order valence-electron chi connectivity index (χ0n) is 10.2. The summed E-state index contributed by atoms with van der Waals surface area (Å²) in [6, 6.07) is 7.61. The Morgan fingerprint density at radius 1 is 1.35 bits per heavy atom. The second-order valence-electron chi connectivity index (χ2n) is 4.09. The number of rotatable bonds is 4. The van der Waals surface area contributed by atoms with Gasteiger partial charge in [0.05, 0.1) is 0 Å². The minimum absolute atomic E-state index is 0.00144. The van der Waals surface area contributed by atoms with Crippen molar-refractivity contribution in [2.24, 2.45) is 0 Å². The lowest BCUT2D eigenvalue weighted by Gasteiger charge is -2.07. The number of benzene rings is 1. The fraction of sp³-hybridized carbons (Fsp3) is 0.286. The van der Waals surface area contributed by atoms with Gasteiger partial charge in [-0.05, 0) is 18.9 Å². The summed E-state index contributed by atoms with van der Waals surface area (Å²) in [5, 5.41) is 0. The van der Waals surface area contributed by atoms with Crippen LogP contribution in [0.15, 0.2) is 36.7 Å². The van der Waals surface area contributed by atoms with E-state index in [1.165, 1.54) is 0 Å². The SMILES string of the molecule is CCCn1ccnc1C(=O)c1ccccc1C. The zero-order chi connectivity index (χ0) is 12.3. The molecule has 3 nitrogen and oxygen atoms in total. The molecule has 0 saturated carbocycles. The van der Waals surface area contributed by atoms with E-state index in [9.17, 15) is 4.79 Å². The van der Waals surface area contributed by atoms with E-state index in [1.807, 2.05) is 42.0 Å². The minimum Gasteiger partial charge on any atom is -0.328 e. The van der Waals surface area contributed by atoms with E-state index in [2.05, 4.69) is 11.9 Å². The van der Waals surface area contributed by atoms with Crippen molar-refractivity contribution in [3.8, 4) is 0 Å². The van der Waals surface area contributed by atoms with E-state index in [0.29, 0.717) is 5.82 Å². The minimum atomic E-state index is 0.00144. The molecule has 0 aliphatic carbocycles. The van der Waals surface area contributed by atoms with Crippen molar-refractivity contribution in [1.29, 1.82) is 0 Å². The Hall–Kier alpha value is -1.90. The van der Waals surface area contributed by atoms with E-state index >= 15 is 0 Å². The van der Waals surface area contributed by atoms with Crippen molar-refractivity contribution in [3.05, 3.63) is 53.6 Å². The summed E-state index contributed by atoms with van der Waals surface area (Å²) in [4.78, 5) is 16.5. The average Bonchev–Trinajstić information content (AvgIpc) is 2.78. The van der Waals surface area contributed by atoms with Crippen LogP contribution in [0, 0.1) is 6.92 Å². The van der Waals surface area contributed by atoms with E-state index < -0.39 is 0 Å². The highest BCUT2D eigenvalue weighted by atomic mass is 16.1. The highest BCUT2D eigenvalue weighted by Gasteiger charge is 2.16. The molecule has 0 bridgehead atoms. The van der Waals surface area contributed by atoms with E-state index in [4.69, 9.17) is 0 Å². The lowest BCUT2D eigenvalue weighted by molar-refractivity contribution is 0.102. The summed E-state index contributed by atoms with van der Waals surface area (Å²) in [6.45, 7) is 4.86. The summed E-state index contributed by atoms with van der Waals surface area (Å²) in [5.41, 5.74) is 1.72. The van der Waals surface area contributed by atoms with Crippen LogP contribution in [-0.2, 0) is 6.54 Å². The van der Waals surface area contributed by atoms with Gasteiger partial charge in [0.1, 0.15) is 0 Å². The first-order valence-corrected chi connectivity index (χ1v) is 5.85. The Balaban J connectivity index is 2.37. The van der Waals surface area contributed by atoms with Gasteiger partial charge in [-0.1, -0.05) is 31.2 Å². The second-order valence-corrected chi connectivity index (χ2v) is 4.09. The zero-order valence-corrected chi connectivity index (χ0v) is 10.2. The molecule has 0 fully saturated rings. The van der Waals surface area contributed by atoms with Crippen molar-refractivity contribution < 1.29 is 4.79 Å². The summed E-state index contributed by atoms with van der Waals surface area (Å²) >= 11 is 0. The molecule has 0 aliphatic rings. The maximum Gasteiger partial charge on any atom is 0.228 e. The van der Waals surface area contributed by atoms with Gasteiger partial charge < -0.3 is 4.57 Å². The van der Waals surface area contributed by atoms with Gasteiger partial charge in [0.25, 0.3) is 0 Å². The maximum atomic E-state index is 12.3. The molecular formula is C14H16N2O. The van der Waals surface area contributed by atoms with E-state index in [-0.39, 0.29) is 5.78 Å². The molecule has 0 radical (unpaired) electrons. The summed E-state index contributed by atoms with van der Waals surface area (Å²) in [6.07, 6.45) is 4.53. The molecule has 0 unspecified atom stereocenters. The van der Waals surface area contributed by atoms with Crippen molar-refractivity contribution in [2.75, 3.05) is 0 Å². The first-order valence-electron chi connectivity index (χ1n) is 5.85. The normalized spacial score (nSPS) is 10.5. The van der Waals surface area contributed by atoms with Crippen molar-refractivity contribution in [2.45, 2.75) is 26.8 Å². The molecule has 0 aliphatic heterocycles. The van der Waals surface area contributed by atoms with E-state index in [0.717, 1.165) is 24.1 Å². The fourth-order valence-electron chi connectivity index (χ4n) is 1.89. The number of carbonyl (C=O) groups excluding carboxylic acids is 1. The molecular weight excluding hydrogens is 212 g/mol. The highest BCUT2D eigenvalue weighted by molar-refractivity contribution is 6.07. The first-order chi connectivity index (χ1) is 8.24. The third kappa shape index (κ3) is 2.28. The number of carbonyl (C=O) groups is 1. The first kappa shape index (κ1) is 11.6. The van der Waals surface area contributed by atoms with Crippen molar-refractivity contribution in [3.63, 3.8) is 0 Å². The molecule has 1 aromatic heterocycles. The number of hydrogen-bond acceptors (Lipinski definition) is 2. The molecule has 2 rings (SSSR count). The van der Waals surface area contributed by atoms with Crippen LogP contribution in [0.5, 0.6) is 0 Å². The molecule has 0 saturated heterocycles. The van der Waals surface area contributed by atoms with Gasteiger partial charge in [-0.15, -0.1) is 0 Å². The Morgan fingerprint density at radius 2 is 2.12 bits per heavy atom. The Kier molecular flexibility index (Phi) is 3.38. The van der Waals surface area contributed by atoms with Crippen LogP contribution in [0.25, 0.3) is 0 Å². The summed E-state index contributed by atoms with van der Waals surface area (Å²) in [5.74, 6) is 0.530. The molecule has 3 heteroatoms. The standard InChI is InChI=1S/C14H16N2O/c1-3-9-16-10-8-15-14(16)13(17)12-7-5-4-6-11(12)2/h4-8,10H,3,9H2,1-2H3. The van der Waals surface area contributed by atoms with Crippen molar-refractivity contribution >= 4 is 5.78 Å². The number of imidazole rings is 1. The largest absolute Gasteiger partial charge is 0.328 e. The van der Waals surface area contributed by atoms with Crippen LogP contribution >= 0.6 is 0 Å². The monoisotopic (exact) mass is 228 g/mol. The smallest absolute Gasteiger partial charge is 0.228 e. The lowest BCUT2D eigenvalue weighted by atomic mass is 10.0. The molecule has 1 aromatic carbocycles. The summed E-state index contributed by atoms with van der Waals surface area (Å²) in [7, 11) is 0. The molecule has 0 N–H and O–H groups in total. The quantitative estimate of drug-likeness (QED) is 0.754. The number of nitrogens with zero attached hydrogens (tertiary/aromatic N) is 2. The molecule has 88 valence electrons. The van der Waals surface area contributed by atoms with Crippen LogP contribution in [0.4, 0.5) is 0 Å². The van der Waals surface area contributed by atoms with Crippen molar-refractivity contribution in [1.82, 2.24) is 9.55 Å². The Bertz CT molecular complexity index is 529. The van der Waals surface area contributed by atoms with Gasteiger partial charge in [-0.25, -0.2) is 4.98 Å². The molecule has 0 spiro atoms. The molecule has 1 heterocycles. The Labute approximate surface area is 101 Å². The number of aryl methyl sites for hydroxylation is 2. The van der Waals surface area contributed by atoms with Crippen LogP contribution < -0.4 is 0 Å². The van der Waals surface area contributed by atoms with E-state index in [1.54, 1.807) is 6.20 Å². The van der Waals surface area contributed by atoms with Gasteiger partial charge >= 0.3 is 0 Å². The number of hydrogen-bond donors (Lipinski definition) is 0. The van der Waals surface area contributed by atoms with Gasteiger partial charge in [-0.3, -0.25) is 4.79 Å². The third-order valence-electron chi connectivity index (χ3n) is 2.77. The van der Waals surface area contributed by atoms with Gasteiger partial charge in [0, 0.05) is 24.5 Å². The predicted octanol–water partition coefficient (Wildman–Crippen LogP) is 2.83. The average molecular weight is 228 g/mol. The van der Waals surface area contributed by atoms with Crippen LogP contribution in [-0.4, -0.2) is 15.3 Å². The highest BCUT2D eigenvalue weighted by Crippen LogP contribution is 2.13. The molecule has 0 atom stereocenters. The number of aromatic nitrogens is 2. The second kappa shape index (κ2) is 4.95. The van der Waals surface area contributed by atoms with Gasteiger partial charge in [0.2, 0.25) is 5.78 Å². The molecule has 17 heavy (non-hydrogen) atoms. The van der Waals surface area contributed by atoms with Crippen LogP contribution in [0.1, 0.15) is 35.1 Å². The molecule has 0 amide bonds. The van der Waals surface area contributed by atoms with Crippen LogP contribution in [0.2, 0.25) is 0 Å². The molecule has 2 aromatic rings. The summed E-state index contributed by atoms with van der Waals surface area (Å²) < 4.78 is 1.91. The predicted molar refractivity (Wildman–Crippen MR) is 67.1 cm³/mol. The van der Waals surface area contributed by atoms with Gasteiger partial charge in [-0.2, -0.15) is 0 Å². The number of ketones is 1. The third-order valence-corrected chi connectivity index (χ3v) is 2.77. The lowest BCUT2D eigenvalue weighted by Crippen LogP contribution is -2.12. The fourth-order valence-corrected chi connectivity index (χ4v) is 1.89.